The van der Waals surface area contributed by atoms with Crippen LogP contribution in [0.3, 0.4) is 0 Å². The van der Waals surface area contributed by atoms with Crippen molar-refractivity contribution in [3.05, 3.63) is 48.5 Å². The van der Waals surface area contributed by atoms with Gasteiger partial charge in [0.1, 0.15) is 11.5 Å². The molecule has 0 radical (unpaired) electrons. The van der Waals surface area contributed by atoms with E-state index in [0.717, 1.165) is 0 Å². The molecular formula is C18H20O5S. The van der Waals surface area contributed by atoms with Crippen LogP contribution in [0.2, 0.25) is 0 Å². The molecule has 128 valence electrons. The number of carbonyl (C=O) groups excluding carboxylic acids is 1. The largest absolute Gasteiger partial charge is 0.491 e. The summed E-state index contributed by atoms with van der Waals surface area (Å²) in [5.74, 6) is 0.568. The van der Waals surface area contributed by atoms with Gasteiger partial charge in [-0.3, -0.25) is 4.79 Å². The van der Waals surface area contributed by atoms with Crippen molar-refractivity contribution in [2.24, 2.45) is 0 Å². The topological polar surface area (TPSA) is 69.7 Å². The van der Waals surface area contributed by atoms with E-state index in [-0.39, 0.29) is 28.3 Å². The van der Waals surface area contributed by atoms with Crippen LogP contribution in [0.4, 0.5) is 0 Å². The van der Waals surface area contributed by atoms with Gasteiger partial charge in [0, 0.05) is 6.42 Å². The normalized spacial score (nSPS) is 11.3. The summed E-state index contributed by atoms with van der Waals surface area (Å²) in [5.41, 5.74) is 0. The second-order valence-electron chi connectivity index (χ2n) is 5.44. The number of benzene rings is 2. The minimum absolute atomic E-state index is 0.0193. The van der Waals surface area contributed by atoms with Crippen molar-refractivity contribution in [2.75, 3.05) is 0 Å². The smallest absolute Gasteiger partial charge is 0.310 e. The average molecular weight is 348 g/mol. The van der Waals surface area contributed by atoms with Gasteiger partial charge in [-0.25, -0.2) is 8.42 Å². The van der Waals surface area contributed by atoms with Gasteiger partial charge in [0.2, 0.25) is 9.84 Å². The van der Waals surface area contributed by atoms with Gasteiger partial charge in [-0.15, -0.1) is 0 Å². The Labute approximate surface area is 142 Å². The number of carbonyl (C=O) groups is 1. The Balaban J connectivity index is 2.22. The maximum absolute atomic E-state index is 12.6. The van der Waals surface area contributed by atoms with Gasteiger partial charge in [-0.2, -0.15) is 0 Å². The summed E-state index contributed by atoms with van der Waals surface area (Å²) in [5, 5.41) is 0. The number of esters is 1. The summed E-state index contributed by atoms with van der Waals surface area (Å²) in [6, 6.07) is 12.1. The van der Waals surface area contributed by atoms with Gasteiger partial charge in [0.25, 0.3) is 0 Å². The molecule has 0 saturated heterocycles. The second-order valence-corrected chi connectivity index (χ2v) is 7.39. The van der Waals surface area contributed by atoms with E-state index in [2.05, 4.69) is 0 Å². The Morgan fingerprint density at radius 3 is 1.79 bits per heavy atom. The van der Waals surface area contributed by atoms with Gasteiger partial charge in [-0.1, -0.05) is 6.92 Å². The number of sulfone groups is 1. The molecule has 0 amide bonds. The standard InChI is InChI=1S/C18H20O5S/c1-4-18(19)23-15-7-11-17(12-8-15)24(20,21)16-9-5-14(6-10-16)22-13(2)3/h5-13H,4H2,1-3H3. The van der Waals surface area contributed by atoms with Crippen LogP contribution in [-0.2, 0) is 14.6 Å². The van der Waals surface area contributed by atoms with Crippen molar-refractivity contribution in [1.82, 2.24) is 0 Å². The van der Waals surface area contributed by atoms with Crippen LogP contribution in [0, 0.1) is 0 Å². The van der Waals surface area contributed by atoms with Gasteiger partial charge in [0.15, 0.2) is 0 Å². The van der Waals surface area contributed by atoms with Crippen LogP contribution in [0.1, 0.15) is 27.2 Å². The predicted molar refractivity (Wildman–Crippen MR) is 90.0 cm³/mol. The van der Waals surface area contributed by atoms with E-state index < -0.39 is 9.84 Å². The lowest BCUT2D eigenvalue weighted by Gasteiger charge is -2.10. The zero-order valence-electron chi connectivity index (χ0n) is 13.9. The summed E-state index contributed by atoms with van der Waals surface area (Å²) < 4.78 is 35.8. The molecule has 0 heterocycles. The van der Waals surface area contributed by atoms with Gasteiger partial charge >= 0.3 is 5.97 Å². The Hall–Kier alpha value is -2.34. The van der Waals surface area contributed by atoms with Crippen molar-refractivity contribution in [2.45, 2.75) is 43.1 Å². The molecule has 0 aliphatic heterocycles. The van der Waals surface area contributed by atoms with Crippen molar-refractivity contribution in [3.8, 4) is 11.5 Å². The lowest BCUT2D eigenvalue weighted by atomic mass is 10.3. The monoisotopic (exact) mass is 348 g/mol. The summed E-state index contributed by atoms with van der Waals surface area (Å²) in [6.07, 6.45) is 0.274. The third kappa shape index (κ3) is 4.35. The van der Waals surface area contributed by atoms with Crippen molar-refractivity contribution < 1.29 is 22.7 Å². The third-order valence-corrected chi connectivity index (χ3v) is 4.95. The highest BCUT2D eigenvalue weighted by molar-refractivity contribution is 7.91. The molecule has 0 spiro atoms. The molecule has 24 heavy (non-hydrogen) atoms. The van der Waals surface area contributed by atoms with Crippen LogP contribution in [-0.4, -0.2) is 20.5 Å². The molecule has 2 rings (SSSR count). The predicted octanol–water partition coefficient (Wildman–Crippen LogP) is 3.62. The molecule has 0 aromatic heterocycles. The maximum Gasteiger partial charge on any atom is 0.310 e. The molecule has 0 fully saturated rings. The first-order chi connectivity index (χ1) is 11.3. The summed E-state index contributed by atoms with van der Waals surface area (Å²) >= 11 is 0. The fraction of sp³-hybridized carbons (Fsp3) is 0.278. The number of hydrogen-bond acceptors (Lipinski definition) is 5. The van der Waals surface area contributed by atoms with Crippen LogP contribution < -0.4 is 9.47 Å². The number of rotatable bonds is 6. The Bertz CT molecular complexity index is 790. The van der Waals surface area contributed by atoms with E-state index in [4.69, 9.17) is 9.47 Å². The van der Waals surface area contributed by atoms with Gasteiger partial charge < -0.3 is 9.47 Å². The van der Waals surface area contributed by atoms with Gasteiger partial charge in [-0.05, 0) is 62.4 Å². The Morgan fingerprint density at radius 2 is 1.38 bits per heavy atom. The molecule has 0 saturated carbocycles. The lowest BCUT2D eigenvalue weighted by molar-refractivity contribution is -0.134. The van der Waals surface area contributed by atoms with Crippen molar-refractivity contribution in [3.63, 3.8) is 0 Å². The van der Waals surface area contributed by atoms with Crippen LogP contribution in [0.15, 0.2) is 58.3 Å². The molecule has 0 aliphatic carbocycles. The minimum atomic E-state index is -3.63. The molecule has 2 aromatic carbocycles. The molecular weight excluding hydrogens is 328 g/mol. The lowest BCUT2D eigenvalue weighted by Crippen LogP contribution is -2.07. The minimum Gasteiger partial charge on any atom is -0.491 e. The SMILES string of the molecule is CCC(=O)Oc1ccc(S(=O)(=O)c2ccc(OC(C)C)cc2)cc1. The van der Waals surface area contributed by atoms with Crippen LogP contribution >= 0.6 is 0 Å². The van der Waals surface area contributed by atoms with Crippen LogP contribution in [0.25, 0.3) is 0 Å². The summed E-state index contributed by atoms with van der Waals surface area (Å²) in [4.78, 5) is 11.6. The quantitative estimate of drug-likeness (QED) is 0.589. The third-order valence-electron chi connectivity index (χ3n) is 3.16. The highest BCUT2D eigenvalue weighted by atomic mass is 32.2. The van der Waals surface area contributed by atoms with Gasteiger partial charge in [0.05, 0.1) is 15.9 Å². The van der Waals surface area contributed by atoms with E-state index in [0.29, 0.717) is 11.5 Å². The Kier molecular flexibility index (Phi) is 5.62. The zero-order chi connectivity index (χ0) is 17.7. The molecule has 0 atom stereocenters. The molecule has 0 aliphatic rings. The molecule has 0 bridgehead atoms. The van der Waals surface area contributed by atoms with Crippen molar-refractivity contribution in [1.29, 1.82) is 0 Å². The van der Waals surface area contributed by atoms with E-state index in [1.807, 2.05) is 13.8 Å². The molecule has 0 unspecified atom stereocenters. The second kappa shape index (κ2) is 7.49. The number of hydrogen-bond donors (Lipinski definition) is 0. The van der Waals surface area contributed by atoms with Crippen molar-refractivity contribution >= 4 is 15.8 Å². The molecule has 0 N–H and O–H groups in total. The highest BCUT2D eigenvalue weighted by Gasteiger charge is 2.18. The summed E-state index contributed by atoms with van der Waals surface area (Å²) in [6.45, 7) is 5.49. The zero-order valence-corrected chi connectivity index (χ0v) is 14.7. The van der Waals surface area contributed by atoms with Crippen LogP contribution in [0.5, 0.6) is 11.5 Å². The Morgan fingerprint density at radius 1 is 0.917 bits per heavy atom. The number of ether oxygens (including phenoxy) is 2. The fourth-order valence-corrected chi connectivity index (χ4v) is 3.26. The first-order valence-corrected chi connectivity index (χ1v) is 9.14. The maximum atomic E-state index is 12.6. The molecule has 6 heteroatoms. The van der Waals surface area contributed by atoms with E-state index >= 15 is 0 Å². The summed E-state index contributed by atoms with van der Waals surface area (Å²) in [7, 11) is -3.63. The van der Waals surface area contributed by atoms with E-state index in [1.165, 1.54) is 36.4 Å². The fourth-order valence-electron chi connectivity index (χ4n) is 2.00. The van der Waals surface area contributed by atoms with E-state index in [9.17, 15) is 13.2 Å². The molecule has 2 aromatic rings. The first-order valence-electron chi connectivity index (χ1n) is 7.65. The average Bonchev–Trinajstić information content (AvgIpc) is 2.55. The van der Waals surface area contributed by atoms with E-state index in [1.54, 1.807) is 19.1 Å². The highest BCUT2D eigenvalue weighted by Crippen LogP contribution is 2.25. The first kappa shape index (κ1) is 18.0. The molecule has 5 nitrogen and oxygen atoms in total.